The van der Waals surface area contributed by atoms with Gasteiger partial charge in [-0.05, 0) is 50.3 Å². The van der Waals surface area contributed by atoms with E-state index in [1.807, 2.05) is 0 Å². The van der Waals surface area contributed by atoms with Crippen molar-refractivity contribution in [2.45, 2.75) is 40.2 Å². The summed E-state index contributed by atoms with van der Waals surface area (Å²) in [4.78, 5) is 0. The average molecular weight is 219 g/mol. The summed E-state index contributed by atoms with van der Waals surface area (Å²) in [6, 6.07) is 9.29. The number of aryl methyl sites for hydroxylation is 1. The smallest absolute Gasteiger partial charge is 0.00696 e. The van der Waals surface area contributed by atoms with E-state index in [9.17, 15) is 0 Å². The summed E-state index contributed by atoms with van der Waals surface area (Å²) in [6.45, 7) is 9.12. The summed E-state index contributed by atoms with van der Waals surface area (Å²) in [7, 11) is 2.05. The van der Waals surface area contributed by atoms with Crippen LogP contribution < -0.4 is 5.32 Å². The maximum absolute atomic E-state index is 3.39. The van der Waals surface area contributed by atoms with Crippen LogP contribution in [-0.4, -0.2) is 13.1 Å². The molecule has 0 saturated carbocycles. The van der Waals surface area contributed by atoms with Crippen LogP contribution in [0.25, 0.3) is 0 Å². The van der Waals surface area contributed by atoms with Crippen molar-refractivity contribution in [2.24, 2.45) is 11.8 Å². The highest BCUT2D eigenvalue weighted by Gasteiger charge is 2.20. The molecule has 0 amide bonds. The Morgan fingerprint density at radius 1 is 1.12 bits per heavy atom. The van der Waals surface area contributed by atoms with Gasteiger partial charge in [0.15, 0.2) is 0 Å². The van der Waals surface area contributed by atoms with Crippen molar-refractivity contribution >= 4 is 0 Å². The van der Waals surface area contributed by atoms with Crippen LogP contribution in [0.1, 0.15) is 31.9 Å². The van der Waals surface area contributed by atoms with E-state index in [2.05, 4.69) is 64.3 Å². The zero-order chi connectivity index (χ0) is 12.1. The minimum Gasteiger partial charge on any atom is -0.317 e. The molecule has 1 N–H and O–H groups in total. The lowest BCUT2D eigenvalue weighted by Gasteiger charge is -2.28. The Morgan fingerprint density at radius 2 is 1.75 bits per heavy atom. The summed E-state index contributed by atoms with van der Waals surface area (Å²) in [5.74, 6) is 1.41. The van der Waals surface area contributed by atoms with E-state index in [0.717, 1.165) is 0 Å². The molecule has 1 heteroatoms. The van der Waals surface area contributed by atoms with Crippen LogP contribution in [0.15, 0.2) is 24.3 Å². The van der Waals surface area contributed by atoms with Gasteiger partial charge in [-0.25, -0.2) is 0 Å². The normalized spacial score (nSPS) is 15.1. The fourth-order valence-corrected chi connectivity index (χ4v) is 2.30. The van der Waals surface area contributed by atoms with Crippen molar-refractivity contribution < 1.29 is 0 Å². The monoisotopic (exact) mass is 219 g/mol. The lowest BCUT2D eigenvalue weighted by Crippen LogP contribution is -2.35. The van der Waals surface area contributed by atoms with Crippen LogP contribution in [0.4, 0.5) is 0 Å². The quantitative estimate of drug-likeness (QED) is 0.800. The van der Waals surface area contributed by atoms with Gasteiger partial charge in [0.2, 0.25) is 0 Å². The van der Waals surface area contributed by atoms with Crippen molar-refractivity contribution in [2.75, 3.05) is 7.05 Å². The standard InChI is InChI=1S/C15H25N/c1-11(2)15(13(4)16-5)10-14-9-7-6-8-12(14)3/h6-9,11,13,15-16H,10H2,1-5H3. The Morgan fingerprint density at radius 3 is 2.25 bits per heavy atom. The van der Waals surface area contributed by atoms with Gasteiger partial charge in [0, 0.05) is 6.04 Å². The van der Waals surface area contributed by atoms with E-state index in [-0.39, 0.29) is 0 Å². The highest BCUT2D eigenvalue weighted by Crippen LogP contribution is 2.22. The van der Waals surface area contributed by atoms with Gasteiger partial charge in [0.25, 0.3) is 0 Å². The number of rotatable bonds is 5. The van der Waals surface area contributed by atoms with E-state index in [1.54, 1.807) is 0 Å². The van der Waals surface area contributed by atoms with Crippen molar-refractivity contribution in [3.05, 3.63) is 35.4 Å². The first-order valence-electron chi connectivity index (χ1n) is 6.28. The predicted octanol–water partition coefficient (Wildman–Crippen LogP) is 3.42. The Labute approximate surface area is 100 Å². The van der Waals surface area contributed by atoms with Gasteiger partial charge in [0.1, 0.15) is 0 Å². The minimum absolute atomic E-state index is 0.569. The first-order valence-corrected chi connectivity index (χ1v) is 6.28. The first-order chi connectivity index (χ1) is 7.56. The maximum Gasteiger partial charge on any atom is 0.00696 e. The van der Waals surface area contributed by atoms with Crippen LogP contribution in [0.3, 0.4) is 0 Å². The largest absolute Gasteiger partial charge is 0.317 e. The molecule has 1 nitrogen and oxygen atoms in total. The van der Waals surface area contributed by atoms with E-state index < -0.39 is 0 Å². The van der Waals surface area contributed by atoms with Crippen LogP contribution in [0, 0.1) is 18.8 Å². The topological polar surface area (TPSA) is 12.0 Å². The maximum atomic E-state index is 3.39. The Balaban J connectivity index is 2.80. The van der Waals surface area contributed by atoms with Crippen molar-refractivity contribution in [3.8, 4) is 0 Å². The van der Waals surface area contributed by atoms with Gasteiger partial charge in [0.05, 0.1) is 0 Å². The molecule has 0 fully saturated rings. The fourth-order valence-electron chi connectivity index (χ4n) is 2.30. The molecule has 0 aromatic heterocycles. The highest BCUT2D eigenvalue weighted by atomic mass is 14.9. The average Bonchev–Trinajstić information content (AvgIpc) is 2.26. The highest BCUT2D eigenvalue weighted by molar-refractivity contribution is 5.26. The molecule has 90 valence electrons. The van der Waals surface area contributed by atoms with Gasteiger partial charge < -0.3 is 5.32 Å². The second-order valence-electron chi connectivity index (χ2n) is 5.12. The molecule has 1 aromatic carbocycles. The summed E-state index contributed by atoms with van der Waals surface area (Å²) in [5.41, 5.74) is 2.90. The predicted molar refractivity (Wildman–Crippen MR) is 71.7 cm³/mol. The molecule has 16 heavy (non-hydrogen) atoms. The molecule has 0 spiro atoms. The van der Waals surface area contributed by atoms with E-state index in [4.69, 9.17) is 0 Å². The van der Waals surface area contributed by atoms with E-state index in [0.29, 0.717) is 17.9 Å². The summed E-state index contributed by atoms with van der Waals surface area (Å²) < 4.78 is 0. The molecule has 1 aromatic rings. The molecule has 0 aliphatic rings. The van der Waals surface area contributed by atoms with Crippen LogP contribution in [0.2, 0.25) is 0 Å². The number of benzene rings is 1. The zero-order valence-electron chi connectivity index (χ0n) is 11.2. The third-order valence-corrected chi connectivity index (χ3v) is 3.67. The van der Waals surface area contributed by atoms with Crippen molar-refractivity contribution in [3.63, 3.8) is 0 Å². The summed E-state index contributed by atoms with van der Waals surface area (Å²) in [5, 5.41) is 3.39. The molecule has 0 heterocycles. The third kappa shape index (κ3) is 3.34. The van der Waals surface area contributed by atoms with E-state index >= 15 is 0 Å². The summed E-state index contributed by atoms with van der Waals surface area (Å²) >= 11 is 0. The molecule has 0 bridgehead atoms. The molecule has 0 saturated heterocycles. The molecular formula is C15H25N. The lowest BCUT2D eigenvalue weighted by molar-refractivity contribution is 0.300. The van der Waals surface area contributed by atoms with Gasteiger partial charge in [-0.2, -0.15) is 0 Å². The van der Waals surface area contributed by atoms with Crippen LogP contribution in [-0.2, 0) is 6.42 Å². The molecule has 1 rings (SSSR count). The Kier molecular flexibility index (Phi) is 5.01. The van der Waals surface area contributed by atoms with Crippen molar-refractivity contribution in [1.82, 2.24) is 5.32 Å². The van der Waals surface area contributed by atoms with Crippen molar-refractivity contribution in [1.29, 1.82) is 0 Å². The zero-order valence-corrected chi connectivity index (χ0v) is 11.2. The van der Waals surface area contributed by atoms with Crippen LogP contribution in [0.5, 0.6) is 0 Å². The second-order valence-corrected chi connectivity index (χ2v) is 5.12. The van der Waals surface area contributed by atoms with E-state index in [1.165, 1.54) is 17.5 Å². The molecule has 0 aliphatic heterocycles. The third-order valence-electron chi connectivity index (χ3n) is 3.67. The van der Waals surface area contributed by atoms with Gasteiger partial charge in [-0.15, -0.1) is 0 Å². The van der Waals surface area contributed by atoms with Crippen LogP contribution >= 0.6 is 0 Å². The molecule has 0 aliphatic carbocycles. The molecular weight excluding hydrogens is 194 g/mol. The fraction of sp³-hybridized carbons (Fsp3) is 0.600. The second kappa shape index (κ2) is 6.05. The number of hydrogen-bond donors (Lipinski definition) is 1. The lowest BCUT2D eigenvalue weighted by atomic mass is 9.83. The summed E-state index contributed by atoms with van der Waals surface area (Å²) in [6.07, 6.45) is 1.17. The minimum atomic E-state index is 0.569. The van der Waals surface area contributed by atoms with Gasteiger partial charge in [-0.1, -0.05) is 38.1 Å². The first kappa shape index (κ1) is 13.2. The Hall–Kier alpha value is -0.820. The van der Waals surface area contributed by atoms with Gasteiger partial charge in [-0.3, -0.25) is 0 Å². The number of nitrogens with one attached hydrogen (secondary N) is 1. The molecule has 2 atom stereocenters. The Bertz CT molecular complexity index is 317. The SMILES string of the molecule is CNC(C)C(Cc1ccccc1C)C(C)C. The number of hydrogen-bond acceptors (Lipinski definition) is 1. The molecule has 0 radical (unpaired) electrons. The van der Waals surface area contributed by atoms with Gasteiger partial charge >= 0.3 is 0 Å². The molecule has 2 unspecified atom stereocenters.